The molecule has 4 rings (SSSR count). The van der Waals surface area contributed by atoms with E-state index in [9.17, 15) is 0 Å². The Morgan fingerprint density at radius 3 is 2.62 bits per heavy atom. The van der Waals surface area contributed by atoms with E-state index in [0.717, 1.165) is 11.5 Å². The summed E-state index contributed by atoms with van der Waals surface area (Å²) in [5.74, 6) is 8.41. The zero-order valence-electron chi connectivity index (χ0n) is 11.9. The largest absolute Gasteiger partial charge is 0.312 e. The van der Waals surface area contributed by atoms with E-state index in [2.05, 4.69) is 29.7 Å². The maximum Gasteiger partial charge on any atom is 0.120 e. The Kier molecular flexibility index (Phi) is 3.00. The molecule has 0 spiro atoms. The van der Waals surface area contributed by atoms with Gasteiger partial charge in [0, 0.05) is 5.92 Å². The zero-order chi connectivity index (χ0) is 14.2. The minimum atomic E-state index is 0.443. The molecule has 2 aromatic carbocycles. The molecule has 21 heavy (non-hydrogen) atoms. The van der Waals surface area contributed by atoms with Gasteiger partial charge in [0.05, 0.1) is 5.69 Å². The average molecular weight is 277 g/mol. The van der Waals surface area contributed by atoms with Crippen molar-refractivity contribution in [3.8, 4) is 0 Å². The Balaban J connectivity index is 1.65. The smallest absolute Gasteiger partial charge is 0.120 e. The number of rotatable bonds is 2. The number of hydrogen-bond donors (Lipinski definition) is 2. The lowest BCUT2D eigenvalue weighted by Crippen LogP contribution is -2.32. The molecule has 1 fully saturated rings. The molecule has 0 heterocycles. The number of nitrogens with zero attached hydrogens (tertiary/aromatic N) is 1. The van der Waals surface area contributed by atoms with Gasteiger partial charge in [-0.1, -0.05) is 42.5 Å². The van der Waals surface area contributed by atoms with Crippen molar-refractivity contribution in [3.05, 3.63) is 65.7 Å². The summed E-state index contributed by atoms with van der Waals surface area (Å²) in [6.45, 7) is 0. The van der Waals surface area contributed by atoms with Gasteiger partial charge >= 0.3 is 0 Å². The molecule has 0 radical (unpaired) electrons. The summed E-state index contributed by atoms with van der Waals surface area (Å²) >= 11 is 0. The molecule has 0 aromatic heterocycles. The Morgan fingerprint density at radius 2 is 1.81 bits per heavy atom. The lowest BCUT2D eigenvalue weighted by Gasteiger charge is -2.13. The molecule has 2 aliphatic rings. The van der Waals surface area contributed by atoms with Gasteiger partial charge in [0.2, 0.25) is 0 Å². The number of nitrogens with one attached hydrogen (secondary N) is 1. The Bertz CT molecular complexity index is 678. The van der Waals surface area contributed by atoms with Crippen LogP contribution in [0.5, 0.6) is 0 Å². The molecule has 0 saturated heterocycles. The lowest BCUT2D eigenvalue weighted by molar-refractivity contribution is 0.657. The van der Waals surface area contributed by atoms with Crippen LogP contribution in [0, 0.1) is 11.8 Å². The number of para-hydroxylation sites is 1. The van der Waals surface area contributed by atoms with Crippen LogP contribution in [-0.4, -0.2) is 5.84 Å². The number of aryl methyl sites for hydroxylation is 1. The second kappa shape index (κ2) is 5.01. The molecule has 106 valence electrons. The quantitative estimate of drug-likeness (QED) is 0.383. The minimum Gasteiger partial charge on any atom is -0.312 e. The van der Waals surface area contributed by atoms with E-state index in [-0.39, 0.29) is 0 Å². The van der Waals surface area contributed by atoms with Crippen molar-refractivity contribution in [2.75, 3.05) is 0 Å². The van der Waals surface area contributed by atoms with E-state index in [1.54, 1.807) is 0 Å². The van der Waals surface area contributed by atoms with Crippen LogP contribution in [0.25, 0.3) is 0 Å². The molecule has 3 unspecified atom stereocenters. The fourth-order valence-corrected chi connectivity index (χ4v) is 3.78. The van der Waals surface area contributed by atoms with E-state index in [4.69, 9.17) is 10.8 Å². The first-order valence-electron chi connectivity index (χ1n) is 7.56. The van der Waals surface area contributed by atoms with Crippen molar-refractivity contribution in [2.45, 2.75) is 18.8 Å². The van der Waals surface area contributed by atoms with Gasteiger partial charge < -0.3 is 5.43 Å². The summed E-state index contributed by atoms with van der Waals surface area (Å²) in [5.41, 5.74) is 6.80. The van der Waals surface area contributed by atoms with Crippen molar-refractivity contribution in [3.63, 3.8) is 0 Å². The summed E-state index contributed by atoms with van der Waals surface area (Å²) in [5, 5.41) is 0. The molecular formula is C18H19N3. The van der Waals surface area contributed by atoms with Crippen molar-refractivity contribution in [2.24, 2.45) is 22.7 Å². The second-order valence-electron chi connectivity index (χ2n) is 5.93. The third-order valence-electron chi connectivity index (χ3n) is 4.80. The molecule has 0 bridgehead atoms. The van der Waals surface area contributed by atoms with Crippen LogP contribution in [0.3, 0.4) is 0 Å². The average Bonchev–Trinajstić information content (AvgIpc) is 3.28. The molecule has 1 saturated carbocycles. The first-order valence-corrected chi connectivity index (χ1v) is 7.56. The van der Waals surface area contributed by atoms with Gasteiger partial charge in [-0.15, -0.1) is 0 Å². The summed E-state index contributed by atoms with van der Waals surface area (Å²) in [7, 11) is 0. The van der Waals surface area contributed by atoms with Crippen LogP contribution >= 0.6 is 0 Å². The van der Waals surface area contributed by atoms with E-state index in [0.29, 0.717) is 17.8 Å². The third-order valence-corrected chi connectivity index (χ3v) is 4.80. The fourth-order valence-electron chi connectivity index (χ4n) is 3.78. The molecule has 0 amide bonds. The molecule has 2 aliphatic carbocycles. The maximum atomic E-state index is 5.75. The normalized spacial score (nSPS) is 26.7. The van der Waals surface area contributed by atoms with Gasteiger partial charge in [0.25, 0.3) is 0 Å². The van der Waals surface area contributed by atoms with Crippen LogP contribution in [0.2, 0.25) is 0 Å². The highest BCUT2D eigenvalue weighted by molar-refractivity contribution is 5.90. The van der Waals surface area contributed by atoms with Crippen LogP contribution < -0.4 is 11.3 Å². The monoisotopic (exact) mass is 277 g/mol. The fraction of sp³-hybridized carbons (Fsp3) is 0.278. The number of fused-ring (bicyclic) bond motifs is 3. The topological polar surface area (TPSA) is 50.4 Å². The number of hydrogen-bond acceptors (Lipinski definition) is 2. The van der Waals surface area contributed by atoms with Gasteiger partial charge in [-0.2, -0.15) is 0 Å². The van der Waals surface area contributed by atoms with Gasteiger partial charge in [0.1, 0.15) is 5.84 Å². The van der Waals surface area contributed by atoms with Crippen molar-refractivity contribution in [1.29, 1.82) is 0 Å². The summed E-state index contributed by atoms with van der Waals surface area (Å²) in [6.07, 6.45) is 2.42. The Labute approximate surface area is 124 Å². The first kappa shape index (κ1) is 12.6. The molecule has 0 aliphatic heterocycles. The number of nitrogens with two attached hydrogens (primary N) is 1. The van der Waals surface area contributed by atoms with Crippen LogP contribution in [0.1, 0.15) is 23.5 Å². The summed E-state index contributed by atoms with van der Waals surface area (Å²) in [4.78, 5) is 4.72. The highest BCUT2D eigenvalue weighted by Gasteiger charge is 2.55. The molecule has 3 heteroatoms. The molecule has 3 atom stereocenters. The lowest BCUT2D eigenvalue weighted by atomic mass is 9.92. The highest BCUT2D eigenvalue weighted by Crippen LogP contribution is 2.60. The summed E-state index contributed by atoms with van der Waals surface area (Å²) in [6, 6.07) is 18.8. The van der Waals surface area contributed by atoms with Crippen molar-refractivity contribution >= 4 is 11.5 Å². The van der Waals surface area contributed by atoms with E-state index >= 15 is 0 Å². The third kappa shape index (κ3) is 2.14. The van der Waals surface area contributed by atoms with Gasteiger partial charge in [-0.05, 0) is 47.9 Å². The summed E-state index contributed by atoms with van der Waals surface area (Å²) < 4.78 is 0. The number of aliphatic imine (C=N–C) groups is 1. The number of amidine groups is 1. The van der Waals surface area contributed by atoms with E-state index < -0.39 is 0 Å². The number of benzene rings is 2. The maximum absolute atomic E-state index is 5.75. The highest BCUT2D eigenvalue weighted by atomic mass is 15.3. The number of hydrazine groups is 1. The Morgan fingerprint density at radius 1 is 1.05 bits per heavy atom. The van der Waals surface area contributed by atoms with Crippen molar-refractivity contribution in [1.82, 2.24) is 5.43 Å². The van der Waals surface area contributed by atoms with Crippen LogP contribution in [-0.2, 0) is 6.42 Å². The predicted molar refractivity (Wildman–Crippen MR) is 85.3 cm³/mol. The molecule has 3 nitrogen and oxygen atoms in total. The molecular weight excluding hydrogens is 258 g/mol. The van der Waals surface area contributed by atoms with E-state index in [1.165, 1.54) is 24.0 Å². The van der Waals surface area contributed by atoms with Crippen LogP contribution in [0.4, 0.5) is 5.69 Å². The van der Waals surface area contributed by atoms with E-state index in [1.807, 2.05) is 30.3 Å². The van der Waals surface area contributed by atoms with Gasteiger partial charge in [-0.3, -0.25) is 0 Å². The van der Waals surface area contributed by atoms with Gasteiger partial charge in [0.15, 0.2) is 0 Å². The molecule has 2 aromatic rings. The predicted octanol–water partition coefficient (Wildman–Crippen LogP) is 3.16. The van der Waals surface area contributed by atoms with Gasteiger partial charge in [-0.25, -0.2) is 10.8 Å². The standard InChI is InChI=1S/C18H19N3/c19-21-18(20-13-7-2-1-3-8-13)17-15-11-10-12-6-4-5-9-14(12)16(15)17/h1-9,15-17H,10-11,19H2,(H,20,21). The van der Waals surface area contributed by atoms with Crippen LogP contribution in [0.15, 0.2) is 59.6 Å². The minimum absolute atomic E-state index is 0.443. The second-order valence-corrected chi connectivity index (χ2v) is 5.93. The van der Waals surface area contributed by atoms with Crippen molar-refractivity contribution < 1.29 is 0 Å². The SMILES string of the molecule is NNC(=Nc1ccccc1)C1C2CCc3ccccc3C21. The molecule has 3 N–H and O–H groups in total. The zero-order valence-corrected chi connectivity index (χ0v) is 11.9. The first-order chi connectivity index (χ1) is 10.4. The Hall–Kier alpha value is -2.13.